The number of carbonyl (C=O) groups excluding carboxylic acids is 1. The molecule has 0 heterocycles. The molecule has 2 rings (SSSR count). The molecule has 1 unspecified atom stereocenters. The van der Waals surface area contributed by atoms with E-state index in [-0.39, 0.29) is 30.7 Å². The molecule has 36 heavy (non-hydrogen) atoms. The number of nitrogens with one attached hydrogen (secondary N) is 2. The van der Waals surface area contributed by atoms with E-state index in [1.165, 1.54) is 18.2 Å². The van der Waals surface area contributed by atoms with Gasteiger partial charge in [-0.25, -0.2) is 4.99 Å². The SMILES string of the molecule is C=C(C=NC(=C)N(C)/C=C(\C)C(F)(F)F)NC(c1ccc(C(=O)NCCC(=O)O)cc1)C1CCCC1. The number of aliphatic carboxylic acids is 1. The first-order valence-corrected chi connectivity index (χ1v) is 11.6. The van der Waals surface area contributed by atoms with Gasteiger partial charge in [-0.15, -0.1) is 0 Å². The number of allylic oxidation sites excluding steroid dienone is 2. The predicted octanol–water partition coefficient (Wildman–Crippen LogP) is 5.17. The van der Waals surface area contributed by atoms with Gasteiger partial charge in [0.05, 0.1) is 18.7 Å². The number of carboxylic acid groups (broad SMARTS) is 1. The van der Waals surface area contributed by atoms with E-state index in [0.717, 1.165) is 44.4 Å². The second kappa shape index (κ2) is 12.9. The van der Waals surface area contributed by atoms with E-state index in [0.29, 0.717) is 17.2 Å². The fourth-order valence-corrected chi connectivity index (χ4v) is 3.91. The van der Waals surface area contributed by atoms with Crippen molar-refractivity contribution in [1.82, 2.24) is 15.5 Å². The van der Waals surface area contributed by atoms with Crippen molar-refractivity contribution < 1.29 is 27.9 Å². The summed E-state index contributed by atoms with van der Waals surface area (Å²) in [5, 5.41) is 14.6. The van der Waals surface area contributed by atoms with Gasteiger partial charge in [-0.3, -0.25) is 9.59 Å². The number of hydrogen-bond acceptors (Lipinski definition) is 5. The number of amides is 1. The Labute approximate surface area is 209 Å². The maximum Gasteiger partial charge on any atom is 0.413 e. The zero-order valence-electron chi connectivity index (χ0n) is 20.6. The fraction of sp³-hybridized carbons (Fsp3) is 0.423. The Morgan fingerprint density at radius 1 is 1.22 bits per heavy atom. The first-order chi connectivity index (χ1) is 16.9. The van der Waals surface area contributed by atoms with Crippen LogP contribution in [0.25, 0.3) is 0 Å². The highest BCUT2D eigenvalue weighted by Crippen LogP contribution is 2.36. The molecule has 0 radical (unpaired) electrons. The maximum atomic E-state index is 12.8. The number of benzene rings is 1. The van der Waals surface area contributed by atoms with Gasteiger partial charge in [-0.05, 0) is 43.4 Å². The summed E-state index contributed by atoms with van der Waals surface area (Å²) >= 11 is 0. The maximum absolute atomic E-state index is 12.8. The lowest BCUT2D eigenvalue weighted by Crippen LogP contribution is -2.28. The number of hydrogen-bond donors (Lipinski definition) is 3. The Hall–Kier alpha value is -3.56. The van der Waals surface area contributed by atoms with Crippen LogP contribution in [0.15, 0.2) is 65.7 Å². The number of halogens is 3. The van der Waals surface area contributed by atoms with Gasteiger partial charge in [0, 0.05) is 36.6 Å². The van der Waals surface area contributed by atoms with E-state index >= 15 is 0 Å². The molecule has 1 saturated carbocycles. The molecule has 0 bridgehead atoms. The highest BCUT2D eigenvalue weighted by molar-refractivity contribution is 5.94. The molecule has 1 fully saturated rings. The quantitative estimate of drug-likeness (QED) is 0.340. The van der Waals surface area contributed by atoms with E-state index < -0.39 is 17.7 Å². The molecule has 10 heteroatoms. The van der Waals surface area contributed by atoms with Crippen LogP contribution in [0.1, 0.15) is 61.0 Å². The van der Waals surface area contributed by atoms with Crippen molar-refractivity contribution >= 4 is 18.1 Å². The van der Waals surface area contributed by atoms with E-state index in [4.69, 9.17) is 5.11 Å². The van der Waals surface area contributed by atoms with Gasteiger partial charge in [0.2, 0.25) is 0 Å². The standard InChI is InChI=1S/C26H33F3N4O3/c1-17(26(27,28)29)16-33(4)19(3)31-15-18(2)32-24(20-7-5-6-8-20)21-9-11-22(12-10-21)25(36)30-14-13-23(34)35/h9-12,15-16,20,24,32H,2-3,5-8,13-14H2,1,4H3,(H,30,36)(H,34,35)/b17-16+,31-15?. The van der Waals surface area contributed by atoms with Crippen LogP contribution in [-0.4, -0.2) is 47.9 Å². The summed E-state index contributed by atoms with van der Waals surface area (Å²) in [5.41, 5.74) is 1.10. The molecule has 1 aliphatic rings. The predicted molar refractivity (Wildman–Crippen MR) is 133 cm³/mol. The fourth-order valence-electron chi connectivity index (χ4n) is 3.91. The van der Waals surface area contributed by atoms with Crippen molar-refractivity contribution in [2.45, 2.75) is 51.2 Å². The highest BCUT2D eigenvalue weighted by Gasteiger charge is 2.30. The first kappa shape index (κ1) is 28.7. The third-order valence-corrected chi connectivity index (χ3v) is 5.98. The van der Waals surface area contributed by atoms with E-state index in [1.54, 1.807) is 12.1 Å². The molecule has 0 saturated heterocycles. The molecule has 7 nitrogen and oxygen atoms in total. The molecule has 0 aromatic heterocycles. The van der Waals surface area contributed by atoms with E-state index in [2.05, 4.69) is 28.8 Å². The molecular formula is C26H33F3N4O3. The molecular weight excluding hydrogens is 473 g/mol. The molecule has 1 atom stereocenters. The molecule has 1 aliphatic carbocycles. The summed E-state index contributed by atoms with van der Waals surface area (Å²) in [4.78, 5) is 28.2. The molecule has 3 N–H and O–H groups in total. The summed E-state index contributed by atoms with van der Waals surface area (Å²) < 4.78 is 38.3. The van der Waals surface area contributed by atoms with Crippen molar-refractivity contribution in [3.8, 4) is 0 Å². The average Bonchev–Trinajstić information content (AvgIpc) is 3.34. The monoisotopic (exact) mass is 506 g/mol. The van der Waals surface area contributed by atoms with Crippen molar-refractivity contribution in [2.24, 2.45) is 10.9 Å². The normalized spacial score (nSPS) is 15.5. The Balaban J connectivity index is 2.07. The van der Waals surface area contributed by atoms with Crippen LogP contribution in [-0.2, 0) is 4.79 Å². The van der Waals surface area contributed by atoms with Crippen molar-refractivity contribution in [2.75, 3.05) is 13.6 Å². The summed E-state index contributed by atoms with van der Waals surface area (Å²) in [6, 6.07) is 7.00. The summed E-state index contributed by atoms with van der Waals surface area (Å²) in [6.07, 6.45) is 2.06. The Morgan fingerprint density at radius 2 is 1.83 bits per heavy atom. The average molecular weight is 507 g/mol. The number of aliphatic imine (C=N–C) groups is 1. The van der Waals surface area contributed by atoms with Gasteiger partial charge in [-0.1, -0.05) is 38.1 Å². The third-order valence-electron chi connectivity index (χ3n) is 5.98. The molecule has 1 aromatic rings. The van der Waals surface area contributed by atoms with Gasteiger partial charge in [0.15, 0.2) is 0 Å². The number of alkyl halides is 3. The Morgan fingerprint density at radius 3 is 2.39 bits per heavy atom. The summed E-state index contributed by atoms with van der Waals surface area (Å²) in [5.74, 6) is -0.865. The zero-order chi connectivity index (χ0) is 26.9. The minimum atomic E-state index is -4.42. The van der Waals surface area contributed by atoms with Crippen LogP contribution < -0.4 is 10.6 Å². The van der Waals surface area contributed by atoms with Gasteiger partial charge in [0.25, 0.3) is 5.91 Å². The van der Waals surface area contributed by atoms with E-state index in [1.807, 2.05) is 12.1 Å². The topological polar surface area (TPSA) is 94.0 Å². The van der Waals surface area contributed by atoms with Crippen LogP contribution in [0.2, 0.25) is 0 Å². The Bertz CT molecular complexity index is 1010. The highest BCUT2D eigenvalue weighted by atomic mass is 19.4. The van der Waals surface area contributed by atoms with Crippen LogP contribution in [0.3, 0.4) is 0 Å². The van der Waals surface area contributed by atoms with Gasteiger partial charge in [-0.2, -0.15) is 13.2 Å². The number of rotatable bonds is 12. The summed E-state index contributed by atoms with van der Waals surface area (Å²) in [6.45, 7) is 8.73. The minimum absolute atomic E-state index is 0.0490. The number of nitrogens with zero attached hydrogens (tertiary/aromatic N) is 2. The lowest BCUT2D eigenvalue weighted by atomic mass is 9.91. The molecule has 0 spiro atoms. The molecule has 1 amide bonds. The van der Waals surface area contributed by atoms with Crippen molar-refractivity contribution in [3.05, 3.63) is 71.8 Å². The lowest BCUT2D eigenvalue weighted by molar-refractivity contribution is -0.136. The Kier molecular flexibility index (Phi) is 10.3. The smallest absolute Gasteiger partial charge is 0.413 e. The largest absolute Gasteiger partial charge is 0.481 e. The van der Waals surface area contributed by atoms with Gasteiger partial charge >= 0.3 is 12.1 Å². The van der Waals surface area contributed by atoms with Crippen molar-refractivity contribution in [3.63, 3.8) is 0 Å². The summed E-state index contributed by atoms with van der Waals surface area (Å²) in [7, 11) is 1.44. The molecule has 0 aliphatic heterocycles. The first-order valence-electron chi connectivity index (χ1n) is 11.6. The molecule has 196 valence electrons. The zero-order valence-corrected chi connectivity index (χ0v) is 20.6. The molecule has 1 aromatic carbocycles. The number of carboxylic acids is 1. The second-order valence-corrected chi connectivity index (χ2v) is 8.81. The second-order valence-electron chi connectivity index (χ2n) is 8.81. The van der Waals surface area contributed by atoms with Crippen LogP contribution in [0, 0.1) is 5.92 Å². The number of carbonyl (C=O) groups is 2. The van der Waals surface area contributed by atoms with Gasteiger partial charge < -0.3 is 20.6 Å². The minimum Gasteiger partial charge on any atom is -0.481 e. The van der Waals surface area contributed by atoms with Crippen LogP contribution in [0.5, 0.6) is 0 Å². The van der Waals surface area contributed by atoms with Gasteiger partial charge in [0.1, 0.15) is 5.82 Å². The van der Waals surface area contributed by atoms with Crippen LogP contribution in [0.4, 0.5) is 13.2 Å². The van der Waals surface area contributed by atoms with Crippen LogP contribution >= 0.6 is 0 Å². The third kappa shape index (κ3) is 8.90. The lowest BCUT2D eigenvalue weighted by Gasteiger charge is -2.26. The van der Waals surface area contributed by atoms with Crippen molar-refractivity contribution in [1.29, 1.82) is 0 Å². The van der Waals surface area contributed by atoms with E-state index in [9.17, 15) is 22.8 Å².